The number of nitrogens with zero attached hydrogens (tertiary/aromatic N) is 1. The summed E-state index contributed by atoms with van der Waals surface area (Å²) < 4.78 is 34.7. The van der Waals surface area contributed by atoms with E-state index >= 15 is 0 Å². The number of carbonyl (C=O) groups is 2. The van der Waals surface area contributed by atoms with Crippen molar-refractivity contribution in [1.29, 1.82) is 0 Å². The number of unbranched alkanes of at least 4 members (excludes halogenated alkanes) is 51. The minimum Gasteiger partial charge on any atom is -0.462 e. The van der Waals surface area contributed by atoms with E-state index in [0.717, 1.165) is 38.5 Å². The van der Waals surface area contributed by atoms with E-state index in [1.54, 1.807) is 0 Å². The maximum Gasteiger partial charge on any atom is 0.472 e. The number of likely N-dealkylation sites (N-methyl/N-ethyl adjacent to an activating group) is 1. The summed E-state index contributed by atoms with van der Waals surface area (Å²) in [4.78, 5) is 35.8. The fourth-order valence-corrected chi connectivity index (χ4v) is 11.4. The van der Waals surface area contributed by atoms with Gasteiger partial charge in [0.15, 0.2) is 6.10 Å². The Balaban J connectivity index is 3.96. The van der Waals surface area contributed by atoms with Crippen molar-refractivity contribution in [2.75, 3.05) is 47.5 Å². The van der Waals surface area contributed by atoms with E-state index in [1.807, 2.05) is 21.1 Å². The molecule has 77 heavy (non-hydrogen) atoms. The maximum atomic E-state index is 12.9. The van der Waals surface area contributed by atoms with Crippen LogP contribution in [0, 0.1) is 0 Å². The van der Waals surface area contributed by atoms with Gasteiger partial charge in [0.05, 0.1) is 27.7 Å². The Hall–Kier alpha value is -0.990. The zero-order chi connectivity index (χ0) is 56.3. The lowest BCUT2D eigenvalue weighted by atomic mass is 10.0. The van der Waals surface area contributed by atoms with E-state index in [2.05, 4.69) is 13.8 Å². The largest absolute Gasteiger partial charge is 0.472 e. The molecule has 0 rings (SSSR count). The van der Waals surface area contributed by atoms with Crippen LogP contribution in [0.4, 0.5) is 0 Å². The zero-order valence-electron chi connectivity index (χ0n) is 52.5. The minimum absolute atomic E-state index is 0.0376. The van der Waals surface area contributed by atoms with Crippen molar-refractivity contribution < 1.29 is 42.1 Å². The first kappa shape index (κ1) is 76.0. The van der Waals surface area contributed by atoms with Gasteiger partial charge in [-0.2, -0.15) is 0 Å². The highest BCUT2D eigenvalue weighted by Crippen LogP contribution is 2.43. The van der Waals surface area contributed by atoms with Crippen molar-refractivity contribution in [3.8, 4) is 0 Å². The average molecular weight is 1110 g/mol. The van der Waals surface area contributed by atoms with Gasteiger partial charge in [0.1, 0.15) is 19.8 Å². The van der Waals surface area contributed by atoms with Crippen LogP contribution >= 0.6 is 7.82 Å². The molecule has 2 atom stereocenters. The molecule has 0 radical (unpaired) electrons. The van der Waals surface area contributed by atoms with E-state index in [-0.39, 0.29) is 25.6 Å². The summed E-state index contributed by atoms with van der Waals surface area (Å²) in [7, 11) is 1.51. The molecule has 0 aliphatic heterocycles. The third-order valence-electron chi connectivity index (χ3n) is 15.9. The molecule has 0 heterocycles. The Morgan fingerprint density at radius 1 is 0.351 bits per heavy atom. The molecule has 0 saturated heterocycles. The molecule has 0 aliphatic carbocycles. The number of hydrogen-bond donors (Lipinski definition) is 1. The molecule has 460 valence electrons. The Bertz CT molecular complexity index is 1260. The third kappa shape index (κ3) is 64.1. The molecule has 0 spiro atoms. The molecule has 0 aromatic heterocycles. The fraction of sp³-hybridized carbons (Fsp3) is 0.970. The predicted octanol–water partition coefficient (Wildman–Crippen LogP) is 21.8. The maximum absolute atomic E-state index is 12.9. The summed E-state index contributed by atoms with van der Waals surface area (Å²) in [6.45, 7) is 4.53. The van der Waals surface area contributed by atoms with Gasteiger partial charge in [-0.1, -0.05) is 341 Å². The second-order valence-corrected chi connectivity index (χ2v) is 26.4. The first-order valence-electron chi connectivity index (χ1n) is 34.3. The number of carbonyl (C=O) groups excluding carboxylic acids is 2. The van der Waals surface area contributed by atoms with Crippen LogP contribution in [0.15, 0.2) is 0 Å². The number of phosphoric ester groups is 1. The third-order valence-corrected chi connectivity index (χ3v) is 16.9. The summed E-state index contributed by atoms with van der Waals surface area (Å²) in [6, 6.07) is 0. The number of quaternary nitrogens is 1. The van der Waals surface area contributed by atoms with Gasteiger partial charge in [0.2, 0.25) is 0 Å². The van der Waals surface area contributed by atoms with Crippen molar-refractivity contribution in [1.82, 2.24) is 0 Å². The second-order valence-electron chi connectivity index (χ2n) is 24.9. The van der Waals surface area contributed by atoms with Crippen LogP contribution in [0.5, 0.6) is 0 Å². The Morgan fingerprint density at radius 2 is 0.584 bits per heavy atom. The van der Waals surface area contributed by atoms with E-state index in [1.165, 1.54) is 302 Å². The van der Waals surface area contributed by atoms with Crippen LogP contribution in [-0.2, 0) is 32.7 Å². The van der Waals surface area contributed by atoms with Crippen LogP contribution in [0.25, 0.3) is 0 Å². The van der Waals surface area contributed by atoms with Gasteiger partial charge in [-0.3, -0.25) is 18.6 Å². The van der Waals surface area contributed by atoms with Crippen LogP contribution in [0.2, 0.25) is 0 Å². The molecule has 0 saturated carbocycles. The first-order chi connectivity index (χ1) is 37.5. The Morgan fingerprint density at radius 3 is 0.831 bits per heavy atom. The van der Waals surface area contributed by atoms with Gasteiger partial charge < -0.3 is 18.9 Å². The van der Waals surface area contributed by atoms with E-state index in [0.29, 0.717) is 17.4 Å². The van der Waals surface area contributed by atoms with Gasteiger partial charge >= 0.3 is 19.8 Å². The van der Waals surface area contributed by atoms with Gasteiger partial charge in [-0.05, 0) is 12.8 Å². The summed E-state index contributed by atoms with van der Waals surface area (Å²) in [5.74, 6) is -0.769. The number of phosphoric acid groups is 1. The summed E-state index contributed by atoms with van der Waals surface area (Å²) in [6.07, 6.45) is 70.7. The SMILES string of the molecule is CCCCCCCCCCCCCCCCCCCCCCCCCCCCCCCCCCC(=O)OC(COC(=O)CCCCCCCCCCCCCCCCCCCCCCC)COP(=O)(O)OCC[N+](C)(C)C. The second kappa shape index (κ2) is 59.6. The average Bonchev–Trinajstić information content (AvgIpc) is 3.39. The number of rotatable bonds is 65. The van der Waals surface area contributed by atoms with Crippen LogP contribution in [0.1, 0.15) is 367 Å². The van der Waals surface area contributed by atoms with Crippen molar-refractivity contribution in [3.63, 3.8) is 0 Å². The van der Waals surface area contributed by atoms with Crippen molar-refractivity contribution in [3.05, 3.63) is 0 Å². The minimum atomic E-state index is -4.38. The predicted molar refractivity (Wildman–Crippen MR) is 331 cm³/mol. The van der Waals surface area contributed by atoms with Crippen molar-refractivity contribution >= 4 is 19.8 Å². The molecular formula is C67H135NO8P+. The normalized spacial score (nSPS) is 13.1. The Kier molecular flexibility index (Phi) is 58.9. The molecule has 0 aromatic carbocycles. The summed E-state index contributed by atoms with van der Waals surface area (Å²) in [5.41, 5.74) is 0. The standard InChI is InChI=1S/C67H134NO8P/c1-6-8-10-12-14-16-18-20-22-24-26-28-29-30-31-32-33-34-35-36-37-38-40-42-44-46-48-50-52-54-56-58-60-67(70)76-65(64-75-77(71,72)74-62-61-68(3,4)5)63-73-66(69)59-57-55-53-51-49-47-45-43-41-39-27-25-23-21-19-17-15-13-11-9-7-2/h65H,6-64H2,1-5H3/p+1. The monoisotopic (exact) mass is 1110 g/mol. The number of hydrogen-bond acceptors (Lipinski definition) is 7. The fourth-order valence-electron chi connectivity index (χ4n) is 10.6. The zero-order valence-corrected chi connectivity index (χ0v) is 53.4. The molecule has 0 aromatic rings. The van der Waals surface area contributed by atoms with E-state index in [9.17, 15) is 19.0 Å². The van der Waals surface area contributed by atoms with Crippen molar-refractivity contribution in [2.45, 2.75) is 373 Å². The molecule has 1 N–H and O–H groups in total. The van der Waals surface area contributed by atoms with Crippen LogP contribution in [-0.4, -0.2) is 74.9 Å². The summed E-state index contributed by atoms with van der Waals surface area (Å²) in [5, 5.41) is 0. The highest BCUT2D eigenvalue weighted by molar-refractivity contribution is 7.47. The topological polar surface area (TPSA) is 108 Å². The Labute approximate surface area is 480 Å². The first-order valence-corrected chi connectivity index (χ1v) is 35.8. The smallest absolute Gasteiger partial charge is 0.462 e. The molecule has 0 aliphatic rings. The lowest BCUT2D eigenvalue weighted by Gasteiger charge is -2.24. The highest BCUT2D eigenvalue weighted by atomic mass is 31.2. The lowest BCUT2D eigenvalue weighted by Crippen LogP contribution is -2.37. The highest BCUT2D eigenvalue weighted by Gasteiger charge is 2.27. The van der Waals surface area contributed by atoms with Gasteiger partial charge in [-0.15, -0.1) is 0 Å². The van der Waals surface area contributed by atoms with Crippen molar-refractivity contribution in [2.24, 2.45) is 0 Å². The molecule has 9 nitrogen and oxygen atoms in total. The van der Waals surface area contributed by atoms with Crippen LogP contribution < -0.4 is 0 Å². The van der Waals surface area contributed by atoms with E-state index in [4.69, 9.17) is 18.5 Å². The van der Waals surface area contributed by atoms with Crippen LogP contribution in [0.3, 0.4) is 0 Å². The number of ether oxygens (including phenoxy) is 2. The molecule has 0 bridgehead atoms. The van der Waals surface area contributed by atoms with Gasteiger partial charge in [0, 0.05) is 12.8 Å². The molecule has 0 amide bonds. The van der Waals surface area contributed by atoms with E-state index < -0.39 is 26.5 Å². The van der Waals surface area contributed by atoms with Gasteiger partial charge in [-0.25, -0.2) is 4.57 Å². The molecule has 0 fully saturated rings. The molecule has 2 unspecified atom stereocenters. The molecular weight excluding hydrogens is 978 g/mol. The molecule has 10 heteroatoms. The number of esters is 2. The quantitative estimate of drug-likeness (QED) is 0.0278. The van der Waals surface area contributed by atoms with Gasteiger partial charge in [0.25, 0.3) is 0 Å². The lowest BCUT2D eigenvalue weighted by molar-refractivity contribution is -0.870. The summed E-state index contributed by atoms with van der Waals surface area (Å²) >= 11 is 0.